The minimum absolute atomic E-state index is 0.0640. The molecule has 1 unspecified atom stereocenters. The van der Waals surface area contributed by atoms with Crippen LogP contribution in [0.5, 0.6) is 5.75 Å². The Hall–Kier alpha value is -1.53. The summed E-state index contributed by atoms with van der Waals surface area (Å²) in [7, 11) is 4.58. The molecule has 0 saturated carbocycles. The topological polar surface area (TPSA) is 23.5 Å². The molecule has 1 N–H and O–H groups in total. The van der Waals surface area contributed by atoms with Crippen molar-refractivity contribution in [1.29, 1.82) is 0 Å². The van der Waals surface area contributed by atoms with Crippen molar-refractivity contribution in [1.82, 2.24) is 0 Å². The number of hydrogen-bond donors (Lipinski definition) is 1. The number of nitrogens with zero attached hydrogens (tertiary/aromatic N) is 1. The van der Waals surface area contributed by atoms with Gasteiger partial charge in [-0.15, -0.1) is 0 Å². The molecule has 0 amide bonds. The average Bonchev–Trinajstić information content (AvgIpc) is 2.43. The predicted octanol–water partition coefficient (Wildman–Crippen LogP) is 4.00. The van der Waals surface area contributed by atoms with Gasteiger partial charge >= 0.3 is 0 Å². The van der Waals surface area contributed by atoms with Gasteiger partial charge < -0.3 is 10.0 Å². The van der Waals surface area contributed by atoms with Gasteiger partial charge in [-0.1, -0.05) is 47.6 Å². The number of hydrogen-bond acceptors (Lipinski definition) is 2. The molecule has 0 fully saturated rings. The number of phenols is 1. The fourth-order valence-electron chi connectivity index (χ4n) is 2.77. The lowest BCUT2D eigenvalue weighted by Gasteiger charge is -2.24. The molecule has 0 aliphatic rings. The van der Waals surface area contributed by atoms with E-state index in [-0.39, 0.29) is 5.41 Å². The molecule has 2 rings (SSSR count). The molecule has 0 aliphatic carbocycles. The van der Waals surface area contributed by atoms with Crippen molar-refractivity contribution < 1.29 is 5.11 Å². The van der Waals surface area contributed by atoms with Gasteiger partial charge in [-0.25, -0.2) is 0 Å². The van der Waals surface area contributed by atoms with Crippen molar-refractivity contribution in [3.05, 3.63) is 47.0 Å². The van der Waals surface area contributed by atoms with Crippen LogP contribution in [-0.2, 0) is 5.41 Å². The number of anilines is 1. The lowest BCUT2D eigenvalue weighted by molar-refractivity contribution is 0.450. The maximum Gasteiger partial charge on any atom is 0.127 e. The second-order valence-corrected chi connectivity index (χ2v) is 8.74. The van der Waals surface area contributed by atoms with E-state index < -0.39 is 0 Å². The normalized spacial score (nSPS) is 12.1. The quantitative estimate of drug-likeness (QED) is 0.860. The summed E-state index contributed by atoms with van der Waals surface area (Å²) in [4.78, 5) is 2.15. The van der Waals surface area contributed by atoms with E-state index in [1.165, 1.54) is 22.1 Å². The van der Waals surface area contributed by atoms with Crippen molar-refractivity contribution in [2.45, 2.75) is 40.0 Å². The first-order valence-corrected chi connectivity index (χ1v) is 8.99. The van der Waals surface area contributed by atoms with Gasteiger partial charge in [0.1, 0.15) is 5.75 Å². The highest BCUT2D eigenvalue weighted by Crippen LogP contribution is 2.34. The smallest absolute Gasteiger partial charge is 0.127 e. The summed E-state index contributed by atoms with van der Waals surface area (Å²) in [5.41, 5.74) is 4.66. The second kappa shape index (κ2) is 6.53. The highest BCUT2D eigenvalue weighted by Gasteiger charge is 2.21. The third-order valence-electron chi connectivity index (χ3n) is 4.05. The van der Waals surface area contributed by atoms with Crippen LogP contribution in [-0.4, -0.2) is 19.2 Å². The van der Waals surface area contributed by atoms with Crippen LogP contribution in [0.3, 0.4) is 0 Å². The summed E-state index contributed by atoms with van der Waals surface area (Å²) in [5.74, 6) is 0.453. The molecule has 0 bridgehead atoms. The van der Waals surface area contributed by atoms with Gasteiger partial charge in [-0.05, 0) is 42.5 Å². The fourth-order valence-corrected chi connectivity index (χ4v) is 4.31. The molecule has 0 aliphatic heterocycles. The first-order chi connectivity index (χ1) is 10.6. The van der Waals surface area contributed by atoms with E-state index >= 15 is 0 Å². The van der Waals surface area contributed by atoms with Crippen molar-refractivity contribution in [3.63, 3.8) is 0 Å². The van der Waals surface area contributed by atoms with E-state index in [4.69, 9.17) is 0 Å². The molecule has 2 nitrogen and oxygen atoms in total. The highest BCUT2D eigenvalue weighted by molar-refractivity contribution is 7.56. The largest absolute Gasteiger partial charge is 0.507 e. The molecule has 0 heterocycles. The minimum Gasteiger partial charge on any atom is -0.507 e. The molecule has 23 heavy (non-hydrogen) atoms. The second-order valence-electron chi connectivity index (χ2n) is 7.45. The molecule has 124 valence electrons. The maximum atomic E-state index is 10.8. The van der Waals surface area contributed by atoms with E-state index in [9.17, 15) is 5.11 Å². The average molecular weight is 329 g/mol. The monoisotopic (exact) mass is 329 g/mol. The van der Waals surface area contributed by atoms with Crippen molar-refractivity contribution in [2.75, 3.05) is 19.0 Å². The lowest BCUT2D eigenvalue weighted by atomic mass is 9.85. The van der Waals surface area contributed by atoms with Crippen LogP contribution in [0.2, 0.25) is 0 Å². The Morgan fingerprint density at radius 2 is 1.70 bits per heavy atom. The van der Waals surface area contributed by atoms with Gasteiger partial charge in [0.05, 0.1) is 0 Å². The summed E-state index contributed by atoms with van der Waals surface area (Å²) in [5, 5.41) is 13.2. The van der Waals surface area contributed by atoms with Crippen LogP contribution >= 0.6 is 8.58 Å². The summed E-state index contributed by atoms with van der Waals surface area (Å²) in [6.07, 6.45) is 0. The molecule has 2 aromatic carbocycles. The summed E-state index contributed by atoms with van der Waals surface area (Å²) >= 11 is 0. The molecule has 2 aromatic rings. The molecule has 3 heteroatoms. The Kier molecular flexibility index (Phi) is 5.06. The van der Waals surface area contributed by atoms with Crippen LogP contribution in [0.15, 0.2) is 30.3 Å². The van der Waals surface area contributed by atoms with E-state index in [0.29, 0.717) is 14.3 Å². The van der Waals surface area contributed by atoms with Crippen LogP contribution in [0.1, 0.15) is 37.5 Å². The molecular weight excluding hydrogens is 301 g/mol. The van der Waals surface area contributed by atoms with Gasteiger partial charge in [0.25, 0.3) is 0 Å². The van der Waals surface area contributed by atoms with Crippen molar-refractivity contribution in [3.8, 4) is 5.75 Å². The molecule has 0 aromatic heterocycles. The van der Waals surface area contributed by atoms with Crippen LogP contribution < -0.4 is 15.5 Å². The van der Waals surface area contributed by atoms with Gasteiger partial charge in [0.15, 0.2) is 0 Å². The van der Waals surface area contributed by atoms with Crippen molar-refractivity contribution in [2.24, 2.45) is 0 Å². The van der Waals surface area contributed by atoms with Gasteiger partial charge in [-0.3, -0.25) is 0 Å². The van der Waals surface area contributed by atoms with Crippen LogP contribution in [0.4, 0.5) is 5.69 Å². The SMILES string of the molecule is Cc1cc(Pc2c(C)cccc2N(C)C)c(O)c(C(C)(C)C)c1. The van der Waals surface area contributed by atoms with E-state index in [2.05, 4.69) is 83.9 Å². The zero-order chi connectivity index (χ0) is 17.4. The summed E-state index contributed by atoms with van der Waals surface area (Å²) < 4.78 is 0. The predicted molar refractivity (Wildman–Crippen MR) is 105 cm³/mol. The third-order valence-corrected chi connectivity index (χ3v) is 5.61. The van der Waals surface area contributed by atoms with Crippen molar-refractivity contribution >= 4 is 24.9 Å². The maximum absolute atomic E-state index is 10.8. The first kappa shape index (κ1) is 17.8. The number of rotatable bonds is 3. The van der Waals surface area contributed by atoms with Gasteiger partial charge in [0, 0.05) is 36.0 Å². The lowest BCUT2D eigenvalue weighted by Crippen LogP contribution is -2.21. The molecular formula is C20H28NOP. The molecule has 0 radical (unpaired) electrons. The fraction of sp³-hybridized carbons (Fsp3) is 0.400. The van der Waals surface area contributed by atoms with Gasteiger partial charge in [0.2, 0.25) is 0 Å². The Morgan fingerprint density at radius 3 is 2.26 bits per heavy atom. The number of aromatic hydroxyl groups is 1. The number of phenolic OH excluding ortho intramolecular Hbond substituents is 1. The molecule has 1 atom stereocenters. The Bertz CT molecular complexity index is 714. The van der Waals surface area contributed by atoms with Gasteiger partial charge in [-0.2, -0.15) is 0 Å². The standard InChI is InChI=1S/C20H28NOP/c1-13-11-15(20(3,4)5)18(22)17(12-13)23-19-14(2)9-8-10-16(19)21(6)7/h8-12,22-23H,1-7H3. The van der Waals surface area contributed by atoms with E-state index in [0.717, 1.165) is 10.9 Å². The zero-order valence-electron chi connectivity index (χ0n) is 15.3. The molecule has 0 spiro atoms. The Morgan fingerprint density at radius 1 is 1.04 bits per heavy atom. The highest BCUT2D eigenvalue weighted by atomic mass is 31.1. The van der Waals surface area contributed by atoms with E-state index in [1.807, 2.05) is 0 Å². The Balaban J connectivity index is 2.56. The minimum atomic E-state index is -0.0640. The number of benzene rings is 2. The summed E-state index contributed by atoms with van der Waals surface area (Å²) in [6, 6.07) is 10.6. The van der Waals surface area contributed by atoms with Crippen LogP contribution in [0, 0.1) is 13.8 Å². The third kappa shape index (κ3) is 3.87. The Labute approximate surface area is 142 Å². The number of aryl methyl sites for hydroxylation is 2. The first-order valence-electron chi connectivity index (χ1n) is 7.99. The van der Waals surface area contributed by atoms with E-state index in [1.54, 1.807) is 0 Å². The zero-order valence-corrected chi connectivity index (χ0v) is 16.3. The molecule has 0 saturated heterocycles. The summed E-state index contributed by atoms with van der Waals surface area (Å²) in [6.45, 7) is 10.7. The van der Waals surface area contributed by atoms with Crippen LogP contribution in [0.25, 0.3) is 0 Å².